The Morgan fingerprint density at radius 3 is 1.62 bits per heavy atom. The molecule has 0 bridgehead atoms. The molecule has 4 heteroatoms. The summed E-state index contributed by atoms with van der Waals surface area (Å²) < 4.78 is 22.9. The molecule has 0 amide bonds. The lowest BCUT2D eigenvalue weighted by Crippen LogP contribution is -2.07. The van der Waals surface area contributed by atoms with Crippen molar-refractivity contribution in [3.8, 4) is 11.6 Å². The largest absolute Gasteiger partial charge is 0.406 e. The van der Waals surface area contributed by atoms with Crippen molar-refractivity contribution in [2.45, 2.75) is 60.7 Å². The van der Waals surface area contributed by atoms with Gasteiger partial charge < -0.3 is 0 Å². The quantitative estimate of drug-likeness (QED) is 0.554. The standard InChI is InChI=1S/C12H23O3P/c1-10(2)14-16(13,15-11(3)4)9-8-12(5,6)7/h10-11H,1-7H3. The molecular weight excluding hydrogens is 223 g/mol. The molecule has 0 aliphatic heterocycles. The minimum absolute atomic E-state index is 0.168. The maximum Gasteiger partial charge on any atom is 0.406 e. The molecule has 0 aromatic heterocycles. The van der Waals surface area contributed by atoms with Gasteiger partial charge >= 0.3 is 7.60 Å². The molecule has 0 rings (SSSR count). The van der Waals surface area contributed by atoms with Crippen molar-refractivity contribution >= 4 is 7.60 Å². The molecule has 0 N–H and O–H groups in total. The second-order valence-corrected chi connectivity index (χ2v) is 6.93. The molecule has 0 aliphatic carbocycles. The fourth-order valence-corrected chi connectivity index (χ4v) is 2.61. The Morgan fingerprint density at radius 2 is 1.38 bits per heavy atom. The predicted molar refractivity (Wildman–Crippen MR) is 67.3 cm³/mol. The predicted octanol–water partition coefficient (Wildman–Crippen LogP) is 4.04. The topological polar surface area (TPSA) is 35.5 Å². The molecule has 0 aromatic carbocycles. The molecular formula is C12H23O3P. The van der Waals surface area contributed by atoms with Gasteiger partial charge in [0.2, 0.25) is 0 Å². The van der Waals surface area contributed by atoms with Gasteiger partial charge in [0.15, 0.2) is 0 Å². The van der Waals surface area contributed by atoms with Gasteiger partial charge in [-0.15, -0.1) is 0 Å². The van der Waals surface area contributed by atoms with Gasteiger partial charge in [-0.1, -0.05) is 5.92 Å². The Kier molecular flexibility index (Phi) is 5.76. The Labute approximate surface area is 99.4 Å². The molecule has 0 fully saturated rings. The zero-order valence-electron chi connectivity index (χ0n) is 11.3. The zero-order chi connectivity index (χ0) is 13.0. The van der Waals surface area contributed by atoms with Crippen molar-refractivity contribution in [2.75, 3.05) is 0 Å². The van der Waals surface area contributed by atoms with Crippen LogP contribution in [0.15, 0.2) is 0 Å². The Morgan fingerprint density at radius 1 is 1.00 bits per heavy atom. The molecule has 16 heavy (non-hydrogen) atoms. The lowest BCUT2D eigenvalue weighted by Gasteiger charge is -2.18. The van der Waals surface area contributed by atoms with Crippen molar-refractivity contribution in [1.29, 1.82) is 0 Å². The molecule has 94 valence electrons. The van der Waals surface area contributed by atoms with Gasteiger partial charge in [0.25, 0.3) is 0 Å². The van der Waals surface area contributed by atoms with Gasteiger partial charge in [-0.2, -0.15) is 0 Å². The second-order valence-electron chi connectivity index (χ2n) is 5.29. The van der Waals surface area contributed by atoms with E-state index in [2.05, 4.69) is 11.6 Å². The van der Waals surface area contributed by atoms with E-state index >= 15 is 0 Å². The summed E-state index contributed by atoms with van der Waals surface area (Å²) in [4.78, 5) is 0. The highest BCUT2D eigenvalue weighted by atomic mass is 31.2. The number of hydrogen-bond donors (Lipinski definition) is 0. The number of hydrogen-bond acceptors (Lipinski definition) is 3. The van der Waals surface area contributed by atoms with Crippen molar-refractivity contribution in [3.63, 3.8) is 0 Å². The van der Waals surface area contributed by atoms with Crippen LogP contribution in [0, 0.1) is 17.0 Å². The highest BCUT2D eigenvalue weighted by Gasteiger charge is 2.25. The van der Waals surface area contributed by atoms with Crippen molar-refractivity contribution in [3.05, 3.63) is 0 Å². The van der Waals surface area contributed by atoms with Crippen LogP contribution in [-0.4, -0.2) is 12.2 Å². The summed E-state index contributed by atoms with van der Waals surface area (Å²) in [6.07, 6.45) is -0.335. The first-order valence-corrected chi connectivity index (χ1v) is 7.09. The molecule has 0 aromatic rings. The average molecular weight is 246 g/mol. The summed E-state index contributed by atoms with van der Waals surface area (Å²) >= 11 is 0. The van der Waals surface area contributed by atoms with Gasteiger partial charge in [-0.25, -0.2) is 4.57 Å². The number of rotatable bonds is 4. The third-order valence-electron chi connectivity index (χ3n) is 1.27. The molecule has 0 radical (unpaired) electrons. The lowest BCUT2D eigenvalue weighted by atomic mass is 9.99. The van der Waals surface area contributed by atoms with Crippen LogP contribution in [0.3, 0.4) is 0 Å². The molecule has 0 atom stereocenters. The van der Waals surface area contributed by atoms with Gasteiger partial charge in [0.1, 0.15) is 0 Å². The van der Waals surface area contributed by atoms with Gasteiger partial charge in [-0.05, 0) is 48.5 Å². The first kappa shape index (κ1) is 15.7. The summed E-state index contributed by atoms with van der Waals surface area (Å²) in [5, 5.41) is 0. The normalized spacial score (nSPS) is 12.8. The third-order valence-corrected chi connectivity index (χ3v) is 3.05. The Hall–Kier alpha value is -0.290. The molecule has 0 heterocycles. The summed E-state index contributed by atoms with van der Waals surface area (Å²) in [7, 11) is -3.29. The minimum atomic E-state index is -3.29. The first-order valence-electron chi connectivity index (χ1n) is 5.55. The van der Waals surface area contributed by atoms with Gasteiger partial charge in [-0.3, -0.25) is 9.05 Å². The zero-order valence-corrected chi connectivity index (χ0v) is 12.2. The van der Waals surface area contributed by atoms with Crippen LogP contribution in [0.5, 0.6) is 0 Å². The summed E-state index contributed by atoms with van der Waals surface area (Å²) in [5.74, 6) is 2.91. The fraction of sp³-hybridized carbons (Fsp3) is 0.833. The summed E-state index contributed by atoms with van der Waals surface area (Å²) in [6, 6.07) is 0. The van der Waals surface area contributed by atoms with Crippen LogP contribution in [0.2, 0.25) is 0 Å². The van der Waals surface area contributed by atoms with Crippen LogP contribution >= 0.6 is 7.60 Å². The molecule has 0 saturated heterocycles. The lowest BCUT2D eigenvalue weighted by molar-refractivity contribution is 0.150. The maximum absolute atomic E-state index is 12.3. The van der Waals surface area contributed by atoms with E-state index < -0.39 is 7.60 Å². The van der Waals surface area contributed by atoms with E-state index in [1.807, 2.05) is 48.5 Å². The van der Waals surface area contributed by atoms with Crippen LogP contribution < -0.4 is 0 Å². The third kappa shape index (κ3) is 7.93. The van der Waals surface area contributed by atoms with Crippen LogP contribution in [-0.2, 0) is 13.6 Å². The van der Waals surface area contributed by atoms with Crippen molar-refractivity contribution < 1.29 is 13.6 Å². The van der Waals surface area contributed by atoms with E-state index in [1.165, 1.54) is 0 Å². The van der Waals surface area contributed by atoms with Crippen LogP contribution in [0.1, 0.15) is 48.5 Å². The van der Waals surface area contributed by atoms with Crippen molar-refractivity contribution in [1.82, 2.24) is 0 Å². The molecule has 0 spiro atoms. The van der Waals surface area contributed by atoms with E-state index in [0.717, 1.165) is 0 Å². The van der Waals surface area contributed by atoms with Gasteiger partial charge in [0, 0.05) is 11.1 Å². The fourth-order valence-electron chi connectivity index (χ4n) is 0.869. The monoisotopic (exact) mass is 246 g/mol. The van der Waals surface area contributed by atoms with Crippen LogP contribution in [0.25, 0.3) is 0 Å². The molecule has 0 saturated carbocycles. The van der Waals surface area contributed by atoms with Gasteiger partial charge in [0.05, 0.1) is 12.2 Å². The SMILES string of the molecule is CC(C)OP(=O)(C#CC(C)(C)C)OC(C)C. The van der Waals surface area contributed by atoms with E-state index in [9.17, 15) is 4.57 Å². The Bertz CT molecular complexity index is 301. The minimum Gasteiger partial charge on any atom is -0.297 e. The highest BCUT2D eigenvalue weighted by Crippen LogP contribution is 2.49. The maximum atomic E-state index is 12.3. The first-order chi connectivity index (χ1) is 7.04. The van der Waals surface area contributed by atoms with E-state index in [4.69, 9.17) is 9.05 Å². The van der Waals surface area contributed by atoms with E-state index in [-0.39, 0.29) is 17.6 Å². The smallest absolute Gasteiger partial charge is 0.297 e. The van der Waals surface area contributed by atoms with E-state index in [0.29, 0.717) is 0 Å². The summed E-state index contributed by atoms with van der Waals surface area (Å²) in [6.45, 7) is 13.1. The molecule has 0 aliphatic rings. The second kappa shape index (κ2) is 5.87. The molecule has 0 unspecified atom stereocenters. The Balaban J connectivity index is 4.92. The molecule has 3 nitrogen and oxygen atoms in total. The average Bonchev–Trinajstić information content (AvgIpc) is 1.96. The summed E-state index contributed by atoms with van der Waals surface area (Å²) in [5.41, 5.74) is 2.45. The van der Waals surface area contributed by atoms with Crippen molar-refractivity contribution in [2.24, 2.45) is 5.41 Å². The van der Waals surface area contributed by atoms with E-state index in [1.54, 1.807) is 0 Å². The van der Waals surface area contributed by atoms with Crippen LogP contribution in [0.4, 0.5) is 0 Å². The highest BCUT2D eigenvalue weighted by molar-refractivity contribution is 7.59.